The van der Waals surface area contributed by atoms with Gasteiger partial charge in [0.25, 0.3) is 15.6 Å². The lowest BCUT2D eigenvalue weighted by Crippen LogP contribution is -2.18. The predicted molar refractivity (Wildman–Crippen MR) is 106 cm³/mol. The third-order valence-corrected chi connectivity index (χ3v) is 5.77. The Labute approximate surface area is 195 Å². The van der Waals surface area contributed by atoms with Crippen LogP contribution in [0, 0.1) is 0 Å². The summed E-state index contributed by atoms with van der Waals surface area (Å²) in [7, 11) is -5.35. The largest absolute Gasteiger partial charge is 0.449 e. The lowest BCUT2D eigenvalue weighted by Gasteiger charge is -2.17. The zero-order valence-corrected chi connectivity index (χ0v) is 18.0. The highest BCUT2D eigenvalue weighted by atomic mass is 32.2. The highest BCUT2D eigenvalue weighted by Crippen LogP contribution is 2.40. The molecule has 0 unspecified atom stereocenters. The van der Waals surface area contributed by atoms with E-state index in [-0.39, 0.29) is 24.3 Å². The fourth-order valence-electron chi connectivity index (χ4n) is 2.77. The first kappa shape index (κ1) is 26.9. The number of anilines is 1. The molecule has 0 radical (unpaired) electrons. The van der Waals surface area contributed by atoms with Crippen molar-refractivity contribution >= 4 is 15.7 Å². The summed E-state index contributed by atoms with van der Waals surface area (Å²) in [5.41, 5.74) is -7.25. The summed E-state index contributed by atoms with van der Waals surface area (Å²) in [6.07, 6.45) is -14.6. The summed E-state index contributed by atoms with van der Waals surface area (Å²) < 4.78 is 150. The molecule has 0 amide bonds. The minimum absolute atomic E-state index is 0.117. The van der Waals surface area contributed by atoms with Crippen molar-refractivity contribution in [2.75, 3.05) is 4.72 Å². The van der Waals surface area contributed by atoms with Gasteiger partial charge in [0.15, 0.2) is 11.5 Å². The molecular weight excluding hydrogens is 535 g/mol. The molecule has 2 N–H and O–H groups in total. The number of benzene rings is 2. The van der Waals surface area contributed by atoms with Gasteiger partial charge in [0.1, 0.15) is 0 Å². The van der Waals surface area contributed by atoms with Crippen LogP contribution >= 0.6 is 0 Å². The summed E-state index contributed by atoms with van der Waals surface area (Å²) in [6.45, 7) is 0. The number of alkyl halides is 9. The second-order valence-corrected chi connectivity index (χ2v) is 8.70. The highest BCUT2D eigenvalue weighted by Gasteiger charge is 2.38. The van der Waals surface area contributed by atoms with Gasteiger partial charge in [0.05, 0.1) is 27.3 Å². The number of aromatic amines is 1. The predicted octanol–water partition coefficient (Wildman–Crippen LogP) is 6.02. The van der Waals surface area contributed by atoms with Gasteiger partial charge in [0, 0.05) is 6.20 Å². The Bertz CT molecular complexity index is 1410. The van der Waals surface area contributed by atoms with E-state index < -0.39 is 72.9 Å². The molecule has 3 rings (SSSR count). The Morgan fingerprint density at radius 2 is 1.28 bits per heavy atom. The van der Waals surface area contributed by atoms with Gasteiger partial charge in [0.2, 0.25) is 0 Å². The second kappa shape index (κ2) is 9.07. The van der Waals surface area contributed by atoms with E-state index in [4.69, 9.17) is 4.74 Å². The van der Waals surface area contributed by atoms with Crippen molar-refractivity contribution in [2.24, 2.45) is 0 Å². The number of hydrogen-bond donors (Lipinski definition) is 2. The normalized spacial score (nSPS) is 12.9. The Hall–Kier alpha value is -3.69. The van der Waals surface area contributed by atoms with E-state index in [2.05, 4.69) is 4.98 Å². The van der Waals surface area contributed by atoms with Gasteiger partial charge in [-0.25, -0.2) is 8.42 Å². The SMILES string of the molecule is O=c1[nH]cccc1Oc1ccc(C(F)(F)F)cc1NS(=O)(=O)c1cc(C(F)(F)F)cc(C(F)(F)F)c1. The molecule has 1 heterocycles. The van der Waals surface area contributed by atoms with Gasteiger partial charge < -0.3 is 9.72 Å². The van der Waals surface area contributed by atoms with Crippen molar-refractivity contribution in [1.29, 1.82) is 0 Å². The minimum atomic E-state index is -5.38. The van der Waals surface area contributed by atoms with Crippen molar-refractivity contribution in [1.82, 2.24) is 4.98 Å². The number of hydrogen-bond acceptors (Lipinski definition) is 4. The van der Waals surface area contributed by atoms with Crippen LogP contribution in [0.4, 0.5) is 45.2 Å². The van der Waals surface area contributed by atoms with Crippen LogP contribution in [-0.2, 0) is 28.6 Å². The van der Waals surface area contributed by atoms with E-state index in [9.17, 15) is 52.7 Å². The summed E-state index contributed by atoms with van der Waals surface area (Å²) in [4.78, 5) is 12.5. The van der Waals surface area contributed by atoms with Crippen molar-refractivity contribution in [3.63, 3.8) is 0 Å². The number of ether oxygens (including phenoxy) is 1. The Morgan fingerprint density at radius 3 is 1.78 bits per heavy atom. The highest BCUT2D eigenvalue weighted by molar-refractivity contribution is 7.92. The van der Waals surface area contributed by atoms with Crippen LogP contribution in [0.1, 0.15) is 16.7 Å². The minimum Gasteiger partial charge on any atom is -0.449 e. The van der Waals surface area contributed by atoms with Crippen LogP contribution in [-0.4, -0.2) is 13.4 Å². The molecule has 36 heavy (non-hydrogen) atoms. The van der Waals surface area contributed by atoms with E-state index in [0.29, 0.717) is 12.1 Å². The van der Waals surface area contributed by atoms with Crippen molar-refractivity contribution in [3.8, 4) is 11.5 Å². The molecule has 2 aromatic carbocycles. The first-order valence-corrected chi connectivity index (χ1v) is 10.8. The van der Waals surface area contributed by atoms with Crippen molar-refractivity contribution in [3.05, 3.63) is 81.8 Å². The Morgan fingerprint density at radius 1 is 0.722 bits per heavy atom. The first-order valence-electron chi connectivity index (χ1n) is 9.27. The first-order chi connectivity index (χ1) is 16.4. The average Bonchev–Trinajstić information content (AvgIpc) is 2.74. The van der Waals surface area contributed by atoms with E-state index in [0.717, 1.165) is 6.07 Å². The van der Waals surface area contributed by atoms with Crippen molar-refractivity contribution in [2.45, 2.75) is 23.4 Å². The summed E-state index contributed by atoms with van der Waals surface area (Å²) in [5, 5.41) is 0. The third-order valence-electron chi connectivity index (χ3n) is 4.42. The number of rotatable bonds is 5. The zero-order valence-electron chi connectivity index (χ0n) is 17.1. The Balaban J connectivity index is 2.15. The molecule has 0 aliphatic heterocycles. The molecule has 0 spiro atoms. The maximum Gasteiger partial charge on any atom is 0.416 e. The number of pyridine rings is 1. The summed E-state index contributed by atoms with van der Waals surface area (Å²) in [6, 6.07) is 3.03. The molecule has 0 saturated carbocycles. The van der Waals surface area contributed by atoms with Gasteiger partial charge in [-0.15, -0.1) is 0 Å². The summed E-state index contributed by atoms with van der Waals surface area (Å²) >= 11 is 0. The standard InChI is InChI=1S/C20H11F9N2O4S/c21-18(22,23)10-3-4-15(35-16-2-1-5-30-17(16)32)14(9-10)31-36(33,34)13-7-11(19(24,25)26)6-12(8-13)20(27,28)29/h1-9,31H,(H,30,32). The smallest absolute Gasteiger partial charge is 0.416 e. The monoisotopic (exact) mass is 546 g/mol. The molecule has 0 fully saturated rings. The van der Waals surface area contributed by atoms with Crippen LogP contribution in [0.25, 0.3) is 0 Å². The topological polar surface area (TPSA) is 88.3 Å². The molecule has 1 aromatic heterocycles. The number of halogens is 9. The molecule has 0 saturated heterocycles. The maximum absolute atomic E-state index is 13.2. The fraction of sp³-hybridized carbons (Fsp3) is 0.150. The average molecular weight is 546 g/mol. The van der Waals surface area contributed by atoms with E-state index in [1.54, 1.807) is 0 Å². The number of aromatic nitrogens is 1. The molecule has 0 aliphatic carbocycles. The molecule has 6 nitrogen and oxygen atoms in total. The van der Waals surface area contributed by atoms with Gasteiger partial charge in [-0.2, -0.15) is 39.5 Å². The van der Waals surface area contributed by atoms with Gasteiger partial charge in [-0.05, 0) is 48.5 Å². The molecular formula is C20H11F9N2O4S. The van der Waals surface area contributed by atoms with E-state index >= 15 is 0 Å². The van der Waals surface area contributed by atoms with Crippen LogP contribution in [0.3, 0.4) is 0 Å². The van der Waals surface area contributed by atoms with Crippen LogP contribution < -0.4 is 15.0 Å². The van der Waals surface area contributed by atoms with E-state index in [1.807, 2.05) is 0 Å². The van der Waals surface area contributed by atoms with Crippen LogP contribution in [0.5, 0.6) is 11.5 Å². The van der Waals surface area contributed by atoms with E-state index in [1.165, 1.54) is 17.0 Å². The van der Waals surface area contributed by atoms with Crippen LogP contribution in [0.2, 0.25) is 0 Å². The van der Waals surface area contributed by atoms with Gasteiger partial charge >= 0.3 is 18.5 Å². The third kappa shape index (κ3) is 6.10. The summed E-state index contributed by atoms with van der Waals surface area (Å²) in [5.74, 6) is -1.21. The lowest BCUT2D eigenvalue weighted by atomic mass is 10.1. The molecule has 3 aromatic rings. The molecule has 194 valence electrons. The number of nitrogens with one attached hydrogen (secondary N) is 2. The van der Waals surface area contributed by atoms with Gasteiger partial charge in [-0.1, -0.05) is 0 Å². The van der Waals surface area contributed by atoms with Gasteiger partial charge in [-0.3, -0.25) is 9.52 Å². The maximum atomic E-state index is 13.2. The number of H-pyrrole nitrogens is 1. The molecule has 16 heteroatoms. The second-order valence-electron chi connectivity index (χ2n) is 7.02. The lowest BCUT2D eigenvalue weighted by molar-refractivity contribution is -0.143. The fourth-order valence-corrected chi connectivity index (χ4v) is 3.90. The molecule has 0 bridgehead atoms. The molecule has 0 aliphatic rings. The quantitative estimate of drug-likeness (QED) is 0.383. The van der Waals surface area contributed by atoms with Crippen molar-refractivity contribution < 1.29 is 52.7 Å². The van der Waals surface area contributed by atoms with Crippen LogP contribution in [0.15, 0.2) is 64.4 Å². The molecule has 0 atom stereocenters. The number of sulfonamides is 1. The Kier molecular flexibility index (Phi) is 6.78. The zero-order chi connectivity index (χ0) is 27.1.